The Labute approximate surface area is 123 Å². The lowest BCUT2D eigenvalue weighted by Gasteiger charge is -2.35. The van der Waals surface area contributed by atoms with Gasteiger partial charge in [0.15, 0.2) is 6.10 Å². The number of alkyl halides is 3. The number of aryl methyl sites for hydroxylation is 2. The highest BCUT2D eigenvalue weighted by atomic mass is 19.4. The molecule has 0 saturated carbocycles. The van der Waals surface area contributed by atoms with Crippen LogP contribution in [0.25, 0.3) is 0 Å². The van der Waals surface area contributed by atoms with Gasteiger partial charge in [0.05, 0.1) is 0 Å². The summed E-state index contributed by atoms with van der Waals surface area (Å²) >= 11 is 0. The second-order valence-corrected chi connectivity index (χ2v) is 6.03. The quantitative estimate of drug-likeness (QED) is 0.924. The van der Waals surface area contributed by atoms with Crippen LogP contribution in [0.5, 0.6) is 0 Å². The zero-order valence-corrected chi connectivity index (χ0v) is 12.5. The molecule has 1 aliphatic rings. The lowest BCUT2D eigenvalue weighted by Crippen LogP contribution is -2.43. The predicted molar refractivity (Wildman–Crippen MR) is 76.0 cm³/mol. The first-order valence-electron chi connectivity index (χ1n) is 7.30. The van der Waals surface area contributed by atoms with E-state index in [4.69, 9.17) is 0 Å². The van der Waals surface area contributed by atoms with Crippen molar-refractivity contribution in [3.63, 3.8) is 0 Å². The van der Waals surface area contributed by atoms with Crippen LogP contribution in [0.1, 0.15) is 29.5 Å². The minimum absolute atomic E-state index is 0.394. The maximum absolute atomic E-state index is 12.5. The molecule has 1 aromatic rings. The Hall–Kier alpha value is -1.07. The van der Waals surface area contributed by atoms with Gasteiger partial charge in [-0.05, 0) is 56.8 Å². The van der Waals surface area contributed by atoms with Gasteiger partial charge in [-0.3, -0.25) is 4.90 Å². The molecule has 1 heterocycles. The normalized spacial score (nSPS) is 19.7. The van der Waals surface area contributed by atoms with Gasteiger partial charge in [0.25, 0.3) is 0 Å². The second kappa shape index (κ2) is 6.36. The van der Waals surface area contributed by atoms with E-state index in [2.05, 4.69) is 30.0 Å². The van der Waals surface area contributed by atoms with E-state index in [-0.39, 0.29) is 0 Å². The fourth-order valence-electron chi connectivity index (χ4n) is 2.96. The molecule has 0 radical (unpaired) electrons. The number of rotatable bonds is 3. The van der Waals surface area contributed by atoms with Crippen LogP contribution in [-0.2, 0) is 6.54 Å². The van der Waals surface area contributed by atoms with Crippen LogP contribution in [0.3, 0.4) is 0 Å². The highest BCUT2D eigenvalue weighted by Crippen LogP contribution is 2.32. The minimum Gasteiger partial charge on any atom is -0.383 e. The minimum atomic E-state index is -4.50. The van der Waals surface area contributed by atoms with Gasteiger partial charge < -0.3 is 5.11 Å². The van der Waals surface area contributed by atoms with E-state index in [9.17, 15) is 18.3 Å². The Morgan fingerprint density at radius 3 is 2.38 bits per heavy atom. The fraction of sp³-hybridized carbons (Fsp3) is 0.625. The molecule has 2 rings (SSSR count). The summed E-state index contributed by atoms with van der Waals surface area (Å²) in [5, 5.41) is 9.32. The SMILES string of the molecule is Cc1ccc(CN2CCC(C(O)C(F)(F)F)CC2)c(C)c1. The Morgan fingerprint density at radius 2 is 1.86 bits per heavy atom. The highest BCUT2D eigenvalue weighted by molar-refractivity contribution is 5.30. The molecule has 1 fully saturated rings. The van der Waals surface area contributed by atoms with E-state index in [1.165, 1.54) is 16.7 Å². The number of nitrogens with zero attached hydrogens (tertiary/aromatic N) is 1. The Morgan fingerprint density at radius 1 is 1.24 bits per heavy atom. The van der Waals surface area contributed by atoms with Gasteiger partial charge in [0, 0.05) is 6.54 Å². The molecule has 1 aromatic carbocycles. The zero-order valence-electron chi connectivity index (χ0n) is 12.5. The molecular weight excluding hydrogens is 279 g/mol. The lowest BCUT2D eigenvalue weighted by molar-refractivity contribution is -0.223. The second-order valence-electron chi connectivity index (χ2n) is 6.03. The standard InChI is InChI=1S/C16H22F3NO/c1-11-3-4-14(12(2)9-11)10-20-7-5-13(6-8-20)15(21)16(17,18)19/h3-4,9,13,15,21H,5-8,10H2,1-2H3. The Balaban J connectivity index is 1.90. The van der Waals surface area contributed by atoms with Gasteiger partial charge in [-0.25, -0.2) is 0 Å². The van der Waals surface area contributed by atoms with Crippen LogP contribution in [0.2, 0.25) is 0 Å². The van der Waals surface area contributed by atoms with Crippen molar-refractivity contribution in [2.24, 2.45) is 5.92 Å². The van der Waals surface area contributed by atoms with E-state index >= 15 is 0 Å². The van der Waals surface area contributed by atoms with Crippen molar-refractivity contribution >= 4 is 0 Å². The summed E-state index contributed by atoms with van der Waals surface area (Å²) in [6.07, 6.45) is -5.89. The van der Waals surface area contributed by atoms with E-state index in [1.807, 2.05) is 6.92 Å². The van der Waals surface area contributed by atoms with Crippen LogP contribution in [0.4, 0.5) is 13.2 Å². The predicted octanol–water partition coefficient (Wildman–Crippen LogP) is 3.44. The van der Waals surface area contributed by atoms with Crippen molar-refractivity contribution in [3.8, 4) is 0 Å². The molecule has 1 unspecified atom stereocenters. The maximum atomic E-state index is 12.5. The van der Waals surface area contributed by atoms with Crippen molar-refractivity contribution in [1.29, 1.82) is 0 Å². The molecule has 0 aliphatic carbocycles. The molecule has 5 heteroatoms. The van der Waals surface area contributed by atoms with Crippen LogP contribution in [0.15, 0.2) is 18.2 Å². The maximum Gasteiger partial charge on any atom is 0.414 e. The number of likely N-dealkylation sites (tertiary alicyclic amines) is 1. The van der Waals surface area contributed by atoms with E-state index in [0.717, 1.165) is 6.54 Å². The number of aliphatic hydroxyl groups is 1. The smallest absolute Gasteiger partial charge is 0.383 e. The summed E-state index contributed by atoms with van der Waals surface area (Å²) in [5.41, 5.74) is 3.64. The zero-order chi connectivity index (χ0) is 15.6. The highest BCUT2D eigenvalue weighted by Gasteiger charge is 2.44. The van der Waals surface area contributed by atoms with Crippen molar-refractivity contribution in [2.45, 2.75) is 45.5 Å². The van der Waals surface area contributed by atoms with Crippen molar-refractivity contribution in [1.82, 2.24) is 4.90 Å². The number of benzene rings is 1. The van der Waals surface area contributed by atoms with Gasteiger partial charge in [-0.2, -0.15) is 13.2 Å². The number of hydrogen-bond acceptors (Lipinski definition) is 2. The van der Waals surface area contributed by atoms with Crippen LogP contribution < -0.4 is 0 Å². The first-order valence-corrected chi connectivity index (χ1v) is 7.30. The summed E-state index contributed by atoms with van der Waals surface area (Å²) < 4.78 is 37.5. The third kappa shape index (κ3) is 4.20. The van der Waals surface area contributed by atoms with Gasteiger partial charge >= 0.3 is 6.18 Å². The fourth-order valence-corrected chi connectivity index (χ4v) is 2.96. The number of halogens is 3. The number of hydrogen-bond donors (Lipinski definition) is 1. The van der Waals surface area contributed by atoms with Crippen LogP contribution in [-0.4, -0.2) is 35.4 Å². The van der Waals surface area contributed by atoms with Gasteiger partial charge in [-0.1, -0.05) is 23.8 Å². The summed E-state index contributed by atoms with van der Waals surface area (Å²) in [6, 6.07) is 6.26. The third-order valence-corrected chi connectivity index (χ3v) is 4.31. The summed E-state index contributed by atoms with van der Waals surface area (Å²) in [7, 11) is 0. The number of aliphatic hydroxyl groups excluding tert-OH is 1. The molecule has 1 saturated heterocycles. The average Bonchev–Trinajstić information content (AvgIpc) is 2.41. The molecule has 0 bridgehead atoms. The van der Waals surface area contributed by atoms with E-state index in [1.54, 1.807) is 0 Å². The first kappa shape index (κ1) is 16.3. The average molecular weight is 301 g/mol. The monoisotopic (exact) mass is 301 g/mol. The molecule has 118 valence electrons. The molecule has 0 amide bonds. The molecule has 0 aromatic heterocycles. The topological polar surface area (TPSA) is 23.5 Å². The molecule has 0 spiro atoms. The largest absolute Gasteiger partial charge is 0.414 e. The van der Waals surface area contributed by atoms with Crippen molar-refractivity contribution in [3.05, 3.63) is 34.9 Å². The molecule has 1 atom stereocenters. The number of piperidine rings is 1. The summed E-state index contributed by atoms with van der Waals surface area (Å²) in [5.74, 6) is -0.666. The molecule has 2 nitrogen and oxygen atoms in total. The van der Waals surface area contributed by atoms with E-state index in [0.29, 0.717) is 25.9 Å². The Bertz CT molecular complexity index is 479. The van der Waals surface area contributed by atoms with Gasteiger partial charge in [0.2, 0.25) is 0 Å². The Kier molecular flexibility index (Phi) is 4.94. The van der Waals surface area contributed by atoms with Crippen molar-refractivity contribution in [2.75, 3.05) is 13.1 Å². The van der Waals surface area contributed by atoms with Gasteiger partial charge in [-0.15, -0.1) is 0 Å². The van der Waals surface area contributed by atoms with Crippen LogP contribution >= 0.6 is 0 Å². The van der Waals surface area contributed by atoms with Crippen LogP contribution in [0, 0.1) is 19.8 Å². The molecule has 1 N–H and O–H groups in total. The third-order valence-electron chi connectivity index (χ3n) is 4.31. The van der Waals surface area contributed by atoms with Gasteiger partial charge in [0.1, 0.15) is 0 Å². The summed E-state index contributed by atoms with van der Waals surface area (Å²) in [4.78, 5) is 2.16. The van der Waals surface area contributed by atoms with E-state index < -0.39 is 18.2 Å². The summed E-state index contributed by atoms with van der Waals surface area (Å²) in [6.45, 7) is 6.07. The molecule has 21 heavy (non-hydrogen) atoms. The first-order chi connectivity index (χ1) is 9.77. The lowest BCUT2D eigenvalue weighted by atomic mass is 9.90. The molecule has 1 aliphatic heterocycles. The van der Waals surface area contributed by atoms with Crippen molar-refractivity contribution < 1.29 is 18.3 Å². The molecular formula is C16H22F3NO.